The molecule has 2 unspecified atom stereocenters. The second-order valence-corrected chi connectivity index (χ2v) is 6.63. The fraction of sp³-hybridized carbons (Fsp3) is 0.421. The van der Waals surface area contributed by atoms with Gasteiger partial charge in [0.05, 0.1) is 5.69 Å². The number of hydrogen-bond donors (Lipinski definition) is 1. The van der Waals surface area contributed by atoms with E-state index in [0.717, 1.165) is 24.7 Å². The molecule has 1 fully saturated rings. The third-order valence-corrected chi connectivity index (χ3v) is 5.22. The van der Waals surface area contributed by atoms with Crippen LogP contribution in [0.15, 0.2) is 53.3 Å². The molecule has 0 bridgehead atoms. The number of allylic oxidation sites excluding steroid dienone is 6. The van der Waals surface area contributed by atoms with Crippen molar-refractivity contribution >= 4 is 0 Å². The average molecular weight is 293 g/mol. The van der Waals surface area contributed by atoms with E-state index in [2.05, 4.69) is 48.3 Å². The van der Waals surface area contributed by atoms with Gasteiger partial charge in [0.1, 0.15) is 0 Å². The van der Waals surface area contributed by atoms with Gasteiger partial charge in [0.2, 0.25) is 0 Å². The predicted molar refractivity (Wildman–Crippen MR) is 89.3 cm³/mol. The number of hydrogen-bond acceptors (Lipinski definition) is 2. The smallest absolute Gasteiger partial charge is 0.0638 e. The highest BCUT2D eigenvalue weighted by Gasteiger charge is 2.54. The minimum absolute atomic E-state index is 0.700. The molecule has 1 aromatic rings. The van der Waals surface area contributed by atoms with E-state index in [9.17, 15) is 0 Å². The standard InChI is InChI=1S/C19H23N3/c1-12-15(18-17-8-7-16(12)19(17)18)6-4-5-9-20-10-14-11-22(3)21-13(14)2/h4-6,11,16-17,20H,1,7-10H2,2-3H3/b5-4-,15-6?. The Morgan fingerprint density at radius 3 is 2.95 bits per heavy atom. The van der Waals surface area contributed by atoms with Crippen molar-refractivity contribution in [1.82, 2.24) is 15.1 Å². The molecule has 3 nitrogen and oxygen atoms in total. The number of aryl methyl sites for hydroxylation is 2. The summed E-state index contributed by atoms with van der Waals surface area (Å²) in [6.45, 7) is 8.09. The van der Waals surface area contributed by atoms with E-state index < -0.39 is 0 Å². The molecule has 0 aliphatic heterocycles. The molecule has 114 valence electrons. The van der Waals surface area contributed by atoms with E-state index in [-0.39, 0.29) is 0 Å². The average Bonchev–Trinajstić information content (AvgIpc) is 2.76. The molecular formula is C19H23N3. The first-order chi connectivity index (χ1) is 10.7. The maximum atomic E-state index is 4.35. The molecule has 3 heteroatoms. The SMILES string of the molecule is C=C1C(=C/C=C\CNCc2cn(C)nc2C)C2=C3C1CCC23. The molecule has 0 radical (unpaired) electrons. The van der Waals surface area contributed by atoms with Crippen molar-refractivity contribution in [2.75, 3.05) is 6.54 Å². The number of nitrogens with one attached hydrogen (secondary N) is 1. The molecule has 0 aromatic carbocycles. The van der Waals surface area contributed by atoms with Gasteiger partial charge in [0, 0.05) is 43.7 Å². The van der Waals surface area contributed by atoms with Gasteiger partial charge in [-0.15, -0.1) is 0 Å². The van der Waals surface area contributed by atoms with Crippen molar-refractivity contribution in [1.29, 1.82) is 0 Å². The molecule has 0 saturated heterocycles. The van der Waals surface area contributed by atoms with Gasteiger partial charge in [-0.2, -0.15) is 5.10 Å². The second kappa shape index (κ2) is 5.10. The van der Waals surface area contributed by atoms with Gasteiger partial charge in [-0.05, 0) is 36.5 Å². The van der Waals surface area contributed by atoms with Crippen molar-refractivity contribution in [2.45, 2.75) is 26.3 Å². The molecule has 4 rings (SSSR count). The van der Waals surface area contributed by atoms with Crippen LogP contribution in [0.3, 0.4) is 0 Å². The lowest BCUT2D eigenvalue weighted by atomic mass is 9.95. The zero-order chi connectivity index (χ0) is 15.3. The number of fused-ring (bicyclic) bond motifs is 1. The van der Waals surface area contributed by atoms with Gasteiger partial charge in [-0.25, -0.2) is 0 Å². The summed E-state index contributed by atoms with van der Waals surface area (Å²) in [5, 5.41) is 7.79. The Hall–Kier alpha value is -1.87. The summed E-state index contributed by atoms with van der Waals surface area (Å²) in [7, 11) is 1.96. The largest absolute Gasteiger partial charge is 0.309 e. The number of nitrogens with zero attached hydrogens (tertiary/aromatic N) is 2. The molecule has 0 amide bonds. The maximum Gasteiger partial charge on any atom is 0.0638 e. The van der Waals surface area contributed by atoms with Gasteiger partial charge >= 0.3 is 0 Å². The van der Waals surface area contributed by atoms with Crippen molar-refractivity contribution in [3.05, 3.63) is 64.6 Å². The van der Waals surface area contributed by atoms with Crippen LogP contribution in [0.2, 0.25) is 0 Å². The van der Waals surface area contributed by atoms with E-state index in [1.165, 1.54) is 29.6 Å². The van der Waals surface area contributed by atoms with Crippen molar-refractivity contribution in [2.24, 2.45) is 18.9 Å². The monoisotopic (exact) mass is 293 g/mol. The Labute approximate surface area is 132 Å². The van der Waals surface area contributed by atoms with E-state index in [1.807, 2.05) is 11.7 Å². The Morgan fingerprint density at radius 1 is 1.41 bits per heavy atom. The summed E-state index contributed by atoms with van der Waals surface area (Å²) < 4.78 is 1.87. The minimum atomic E-state index is 0.700. The maximum absolute atomic E-state index is 4.35. The summed E-state index contributed by atoms with van der Waals surface area (Å²) in [5.74, 6) is 1.54. The van der Waals surface area contributed by atoms with Gasteiger partial charge in [0.25, 0.3) is 0 Å². The van der Waals surface area contributed by atoms with Crippen LogP contribution < -0.4 is 5.32 Å². The van der Waals surface area contributed by atoms with Crippen molar-refractivity contribution < 1.29 is 0 Å². The third-order valence-electron chi connectivity index (χ3n) is 5.22. The molecule has 1 aromatic heterocycles. The highest BCUT2D eigenvalue weighted by Crippen LogP contribution is 2.66. The first kappa shape index (κ1) is 13.8. The van der Waals surface area contributed by atoms with Crippen LogP contribution in [-0.2, 0) is 13.6 Å². The molecule has 0 spiro atoms. The topological polar surface area (TPSA) is 29.9 Å². The normalized spacial score (nSPS) is 27.5. The molecule has 3 aliphatic rings. The van der Waals surface area contributed by atoms with Gasteiger partial charge in [-0.3, -0.25) is 4.68 Å². The molecule has 22 heavy (non-hydrogen) atoms. The molecular weight excluding hydrogens is 270 g/mol. The van der Waals surface area contributed by atoms with Crippen LogP contribution in [-0.4, -0.2) is 16.3 Å². The lowest BCUT2D eigenvalue weighted by molar-refractivity contribution is 0.728. The van der Waals surface area contributed by atoms with Crippen molar-refractivity contribution in [3.63, 3.8) is 0 Å². The molecule has 2 atom stereocenters. The highest BCUT2D eigenvalue weighted by molar-refractivity contribution is 5.73. The zero-order valence-corrected chi connectivity index (χ0v) is 13.4. The Bertz CT molecular complexity index is 730. The number of rotatable bonds is 5. The van der Waals surface area contributed by atoms with E-state index in [4.69, 9.17) is 0 Å². The van der Waals surface area contributed by atoms with E-state index in [1.54, 1.807) is 11.1 Å². The van der Waals surface area contributed by atoms with Gasteiger partial charge in [0.15, 0.2) is 0 Å². The van der Waals surface area contributed by atoms with Crippen LogP contribution in [0.25, 0.3) is 0 Å². The fourth-order valence-electron chi connectivity index (χ4n) is 4.11. The first-order valence-corrected chi connectivity index (χ1v) is 8.17. The quantitative estimate of drug-likeness (QED) is 0.845. The first-order valence-electron chi connectivity index (χ1n) is 8.17. The Morgan fingerprint density at radius 2 is 2.23 bits per heavy atom. The molecule has 1 heterocycles. The van der Waals surface area contributed by atoms with Gasteiger partial charge < -0.3 is 5.32 Å². The van der Waals surface area contributed by atoms with Crippen LogP contribution in [0, 0.1) is 18.8 Å². The summed E-state index contributed by atoms with van der Waals surface area (Å²) in [6, 6.07) is 0. The Balaban J connectivity index is 1.29. The van der Waals surface area contributed by atoms with E-state index >= 15 is 0 Å². The van der Waals surface area contributed by atoms with Crippen LogP contribution in [0.5, 0.6) is 0 Å². The predicted octanol–water partition coefficient (Wildman–Crippen LogP) is 3.21. The van der Waals surface area contributed by atoms with Crippen LogP contribution in [0.1, 0.15) is 24.1 Å². The van der Waals surface area contributed by atoms with Gasteiger partial charge in [-0.1, -0.05) is 30.4 Å². The van der Waals surface area contributed by atoms with Crippen LogP contribution >= 0.6 is 0 Å². The summed E-state index contributed by atoms with van der Waals surface area (Å²) in [6.07, 6.45) is 11.4. The van der Waals surface area contributed by atoms with Crippen LogP contribution in [0.4, 0.5) is 0 Å². The summed E-state index contributed by atoms with van der Waals surface area (Å²) >= 11 is 0. The minimum Gasteiger partial charge on any atom is -0.309 e. The molecule has 1 N–H and O–H groups in total. The van der Waals surface area contributed by atoms with E-state index in [0.29, 0.717) is 5.92 Å². The lowest BCUT2D eigenvalue weighted by Gasteiger charge is -2.09. The Kier molecular flexibility index (Phi) is 3.19. The third kappa shape index (κ3) is 2.12. The highest BCUT2D eigenvalue weighted by atomic mass is 15.2. The molecule has 1 saturated carbocycles. The summed E-state index contributed by atoms with van der Waals surface area (Å²) in [5.41, 5.74) is 8.51. The zero-order valence-electron chi connectivity index (χ0n) is 13.4. The summed E-state index contributed by atoms with van der Waals surface area (Å²) in [4.78, 5) is 0. The van der Waals surface area contributed by atoms with Crippen molar-refractivity contribution in [3.8, 4) is 0 Å². The second-order valence-electron chi connectivity index (χ2n) is 6.63. The number of aromatic nitrogens is 2. The lowest BCUT2D eigenvalue weighted by Crippen LogP contribution is -2.12. The fourth-order valence-corrected chi connectivity index (χ4v) is 4.11. The molecule has 3 aliphatic carbocycles.